The molecule has 2 aromatic carbocycles. The van der Waals surface area contributed by atoms with Gasteiger partial charge in [-0.05, 0) is 25.1 Å². The molecule has 0 aliphatic carbocycles. The third-order valence-corrected chi connectivity index (χ3v) is 5.17. The lowest BCUT2D eigenvalue weighted by atomic mass is 10.2. The van der Waals surface area contributed by atoms with Gasteiger partial charge in [0.15, 0.2) is 11.5 Å². The summed E-state index contributed by atoms with van der Waals surface area (Å²) in [6.45, 7) is 1.77. The first kappa shape index (κ1) is 20.4. The number of carbonyl (C=O) groups is 2. The predicted octanol–water partition coefficient (Wildman–Crippen LogP) is 2.68. The summed E-state index contributed by atoms with van der Waals surface area (Å²) >= 11 is 0. The molecular weight excluding hydrogens is 402 g/mol. The first-order chi connectivity index (χ1) is 14.9. The van der Waals surface area contributed by atoms with Crippen molar-refractivity contribution in [3.8, 4) is 23.0 Å². The Morgan fingerprint density at radius 3 is 2.58 bits per heavy atom. The highest BCUT2D eigenvalue weighted by Gasteiger charge is 2.22. The fraction of sp³-hybridized carbons (Fsp3) is 0.273. The molecule has 4 rings (SSSR count). The largest absolute Gasteiger partial charge is 0.497 e. The molecule has 0 fully saturated rings. The third-order valence-electron chi connectivity index (χ3n) is 5.17. The van der Waals surface area contributed by atoms with Crippen LogP contribution in [0, 0.1) is 0 Å². The summed E-state index contributed by atoms with van der Waals surface area (Å²) in [6.07, 6.45) is 0. The number of nitrogens with one attached hydrogen (secondary N) is 2. The molecule has 3 aromatic rings. The highest BCUT2D eigenvalue weighted by Crippen LogP contribution is 2.34. The van der Waals surface area contributed by atoms with Gasteiger partial charge in [-0.2, -0.15) is 0 Å². The number of amides is 2. The van der Waals surface area contributed by atoms with Crippen molar-refractivity contribution in [1.29, 1.82) is 0 Å². The first-order valence-corrected chi connectivity index (χ1v) is 9.64. The van der Waals surface area contributed by atoms with Gasteiger partial charge in [0.2, 0.25) is 12.7 Å². The van der Waals surface area contributed by atoms with E-state index in [1.807, 2.05) is 6.07 Å². The molecule has 1 aliphatic heterocycles. The van der Waals surface area contributed by atoms with Crippen LogP contribution >= 0.6 is 0 Å². The molecule has 2 N–H and O–H groups in total. The number of anilines is 1. The van der Waals surface area contributed by atoms with Gasteiger partial charge in [-0.15, -0.1) is 0 Å². The summed E-state index contributed by atoms with van der Waals surface area (Å²) < 4.78 is 23.0. The monoisotopic (exact) mass is 425 g/mol. The second-order valence-electron chi connectivity index (χ2n) is 7.10. The van der Waals surface area contributed by atoms with Gasteiger partial charge in [-0.3, -0.25) is 9.59 Å². The number of hydrogen-bond acceptors (Lipinski definition) is 6. The number of aryl methyl sites for hydroxylation is 1. The fourth-order valence-corrected chi connectivity index (χ4v) is 3.44. The molecule has 1 aromatic heterocycles. The number of nitrogens with zero attached hydrogens (tertiary/aromatic N) is 1. The van der Waals surface area contributed by atoms with Crippen molar-refractivity contribution < 1.29 is 28.5 Å². The smallest absolute Gasteiger partial charge is 0.268 e. The Morgan fingerprint density at radius 2 is 1.84 bits per heavy atom. The van der Waals surface area contributed by atoms with E-state index in [4.69, 9.17) is 18.9 Å². The minimum Gasteiger partial charge on any atom is -0.497 e. The Balaban J connectivity index is 1.50. The van der Waals surface area contributed by atoms with Crippen LogP contribution in [-0.4, -0.2) is 43.4 Å². The predicted molar refractivity (Wildman–Crippen MR) is 114 cm³/mol. The molecule has 1 atom stereocenters. The highest BCUT2D eigenvalue weighted by atomic mass is 16.7. The van der Waals surface area contributed by atoms with E-state index < -0.39 is 6.04 Å². The molecule has 0 spiro atoms. The molecule has 0 saturated heterocycles. The molecule has 162 valence electrons. The van der Waals surface area contributed by atoms with Gasteiger partial charge in [0.05, 0.1) is 19.7 Å². The van der Waals surface area contributed by atoms with Crippen molar-refractivity contribution in [3.63, 3.8) is 0 Å². The average molecular weight is 425 g/mol. The minimum absolute atomic E-state index is 0.154. The van der Waals surface area contributed by atoms with Crippen LogP contribution < -0.4 is 29.6 Å². The number of carbonyl (C=O) groups excluding carboxylic acids is 2. The second-order valence-corrected chi connectivity index (χ2v) is 7.10. The lowest BCUT2D eigenvalue weighted by Gasteiger charge is -2.15. The van der Waals surface area contributed by atoms with Crippen LogP contribution in [-0.2, 0) is 11.8 Å². The SMILES string of the molecule is COc1cc(OC)c2cc(C(=O)N[C@H](C)C(=O)Nc3ccc4c(c3)OCO4)n(C)c2c1. The maximum Gasteiger partial charge on any atom is 0.268 e. The molecule has 31 heavy (non-hydrogen) atoms. The van der Waals surface area contributed by atoms with Gasteiger partial charge in [0.25, 0.3) is 5.91 Å². The summed E-state index contributed by atoms with van der Waals surface area (Å²) in [7, 11) is 4.90. The molecule has 0 bridgehead atoms. The first-order valence-electron chi connectivity index (χ1n) is 9.64. The van der Waals surface area contributed by atoms with Crippen molar-refractivity contribution in [2.45, 2.75) is 13.0 Å². The van der Waals surface area contributed by atoms with Crippen molar-refractivity contribution in [2.75, 3.05) is 26.3 Å². The van der Waals surface area contributed by atoms with Crippen molar-refractivity contribution >= 4 is 28.4 Å². The van der Waals surface area contributed by atoms with E-state index in [0.717, 1.165) is 10.9 Å². The van der Waals surface area contributed by atoms with E-state index in [1.165, 1.54) is 0 Å². The molecule has 9 heteroatoms. The summed E-state index contributed by atoms with van der Waals surface area (Å²) in [6, 6.07) is 9.65. The van der Waals surface area contributed by atoms with E-state index >= 15 is 0 Å². The number of fused-ring (bicyclic) bond motifs is 2. The number of hydrogen-bond donors (Lipinski definition) is 2. The van der Waals surface area contributed by atoms with E-state index in [9.17, 15) is 9.59 Å². The Bertz CT molecular complexity index is 1170. The van der Waals surface area contributed by atoms with Crippen LogP contribution in [0.1, 0.15) is 17.4 Å². The number of aromatic nitrogens is 1. The van der Waals surface area contributed by atoms with Crippen molar-refractivity contribution in [2.24, 2.45) is 7.05 Å². The number of ether oxygens (including phenoxy) is 4. The molecule has 0 radical (unpaired) electrons. The van der Waals surface area contributed by atoms with Crippen LogP contribution in [0.5, 0.6) is 23.0 Å². The number of methoxy groups -OCH3 is 2. The Hall–Kier alpha value is -3.88. The zero-order valence-corrected chi connectivity index (χ0v) is 17.6. The molecular formula is C22H23N3O6. The fourth-order valence-electron chi connectivity index (χ4n) is 3.44. The number of rotatable bonds is 6. The van der Waals surface area contributed by atoms with Gasteiger partial charge in [0, 0.05) is 36.3 Å². The Labute approximate surface area is 178 Å². The molecule has 0 unspecified atom stereocenters. The van der Waals surface area contributed by atoms with Crippen LogP contribution in [0.15, 0.2) is 36.4 Å². The Morgan fingerprint density at radius 1 is 1.06 bits per heavy atom. The lowest BCUT2D eigenvalue weighted by molar-refractivity contribution is -0.117. The molecule has 2 amide bonds. The zero-order chi connectivity index (χ0) is 22.1. The Kier molecular flexibility index (Phi) is 5.33. The van der Waals surface area contributed by atoms with Crippen LogP contribution in [0.2, 0.25) is 0 Å². The van der Waals surface area contributed by atoms with E-state index in [1.54, 1.807) is 63.1 Å². The van der Waals surface area contributed by atoms with Gasteiger partial charge >= 0.3 is 0 Å². The standard InChI is InChI=1S/C22H23N3O6/c1-12(21(26)24-13-5-6-18-20(7-13)31-11-30-18)23-22(27)17-10-15-16(25(17)2)8-14(28-3)9-19(15)29-4/h5-10,12H,11H2,1-4H3,(H,23,27)(H,24,26)/t12-/m1/s1. The maximum absolute atomic E-state index is 12.9. The van der Waals surface area contributed by atoms with Crippen molar-refractivity contribution in [1.82, 2.24) is 9.88 Å². The van der Waals surface area contributed by atoms with E-state index in [0.29, 0.717) is 34.4 Å². The van der Waals surface area contributed by atoms with Crippen LogP contribution in [0.25, 0.3) is 10.9 Å². The summed E-state index contributed by atoms with van der Waals surface area (Å²) in [5.41, 5.74) is 1.72. The molecule has 0 saturated carbocycles. The third kappa shape index (κ3) is 3.81. The van der Waals surface area contributed by atoms with Crippen LogP contribution in [0.3, 0.4) is 0 Å². The summed E-state index contributed by atoms with van der Waals surface area (Å²) in [5, 5.41) is 6.28. The highest BCUT2D eigenvalue weighted by molar-refractivity contribution is 6.04. The zero-order valence-electron chi connectivity index (χ0n) is 17.6. The topological polar surface area (TPSA) is 100 Å². The average Bonchev–Trinajstić information content (AvgIpc) is 3.37. The minimum atomic E-state index is -0.771. The quantitative estimate of drug-likeness (QED) is 0.630. The van der Waals surface area contributed by atoms with Crippen molar-refractivity contribution in [3.05, 3.63) is 42.1 Å². The van der Waals surface area contributed by atoms with E-state index in [2.05, 4.69) is 10.6 Å². The van der Waals surface area contributed by atoms with Gasteiger partial charge in [0.1, 0.15) is 23.2 Å². The number of benzene rings is 2. The van der Waals surface area contributed by atoms with Gasteiger partial charge in [-0.25, -0.2) is 0 Å². The second kappa shape index (κ2) is 8.10. The lowest BCUT2D eigenvalue weighted by Crippen LogP contribution is -2.42. The molecule has 2 heterocycles. The van der Waals surface area contributed by atoms with Gasteiger partial charge in [-0.1, -0.05) is 0 Å². The summed E-state index contributed by atoms with van der Waals surface area (Å²) in [5.74, 6) is 1.67. The molecule has 9 nitrogen and oxygen atoms in total. The normalized spacial score (nSPS) is 13.0. The molecule has 1 aliphatic rings. The van der Waals surface area contributed by atoms with Crippen LogP contribution in [0.4, 0.5) is 5.69 Å². The summed E-state index contributed by atoms with van der Waals surface area (Å²) in [4.78, 5) is 25.5. The maximum atomic E-state index is 12.9. The van der Waals surface area contributed by atoms with Gasteiger partial charge < -0.3 is 34.1 Å². The van der Waals surface area contributed by atoms with E-state index in [-0.39, 0.29) is 18.6 Å².